The smallest absolute Gasteiger partial charge is 0.286 e. The van der Waals surface area contributed by atoms with Crippen LogP contribution in [0, 0.1) is 0 Å². The molecule has 1 amide bonds. The largest absolute Gasteiger partial charge is 0.372 e. The highest BCUT2D eigenvalue weighted by molar-refractivity contribution is 14.1. The van der Waals surface area contributed by atoms with E-state index in [1.54, 1.807) is 0 Å². The van der Waals surface area contributed by atoms with Crippen LogP contribution < -0.4 is 0 Å². The minimum absolute atomic E-state index is 0.0701. The van der Waals surface area contributed by atoms with Crippen molar-refractivity contribution in [2.45, 2.75) is 6.92 Å². The lowest BCUT2D eigenvalue weighted by molar-refractivity contribution is -0.160. The van der Waals surface area contributed by atoms with Crippen LogP contribution in [0.25, 0.3) is 0 Å². The first kappa shape index (κ1) is 14.8. The summed E-state index contributed by atoms with van der Waals surface area (Å²) in [7, 11) is -3.22. The highest BCUT2D eigenvalue weighted by Crippen LogP contribution is 2.53. The topological polar surface area (TPSA) is 76.1 Å². The molecule has 0 aliphatic rings. The lowest BCUT2D eigenvalue weighted by Gasteiger charge is -2.09. The summed E-state index contributed by atoms with van der Waals surface area (Å²) in [5.74, 6) is 0.660. The van der Waals surface area contributed by atoms with Gasteiger partial charge >= 0.3 is 7.60 Å². The first-order chi connectivity index (χ1) is 6.45. The van der Waals surface area contributed by atoms with Crippen LogP contribution in [-0.2, 0) is 15.1 Å². The van der Waals surface area contributed by atoms with Crippen LogP contribution in [0.4, 0.5) is 0 Å². The van der Waals surface area contributed by atoms with Crippen LogP contribution in [0.15, 0.2) is 11.9 Å². The second kappa shape index (κ2) is 7.12. The molecule has 0 fully saturated rings. The first-order valence-electron chi connectivity index (χ1n) is 3.30. The van der Waals surface area contributed by atoms with E-state index in [1.807, 2.05) is 0 Å². The fourth-order valence-electron chi connectivity index (χ4n) is 0.461. The van der Waals surface area contributed by atoms with Crippen molar-refractivity contribution < 1.29 is 20.3 Å². The van der Waals surface area contributed by atoms with Gasteiger partial charge in [-0.1, -0.05) is 6.08 Å². The number of hydrogen-bond acceptors (Lipinski definition) is 5. The van der Waals surface area contributed by atoms with Crippen LogP contribution in [0.5, 0.6) is 0 Å². The van der Waals surface area contributed by atoms with Crippen molar-refractivity contribution in [3.8, 4) is 0 Å². The maximum atomic E-state index is 11.4. The Morgan fingerprint density at radius 2 is 2.07 bits per heavy atom. The minimum atomic E-state index is -3.22. The van der Waals surface area contributed by atoms with Crippen LogP contribution in [0.1, 0.15) is 6.92 Å². The molecule has 0 saturated carbocycles. The van der Waals surface area contributed by atoms with Crippen molar-refractivity contribution >= 4 is 59.5 Å². The van der Waals surface area contributed by atoms with Gasteiger partial charge in [0.2, 0.25) is 5.91 Å². The van der Waals surface area contributed by atoms with E-state index in [9.17, 15) is 9.36 Å². The molecule has 0 aliphatic heterocycles. The van der Waals surface area contributed by atoms with Gasteiger partial charge in [-0.05, 0) is 0 Å². The molecule has 0 unspecified atom stereocenters. The normalized spacial score (nSPS) is 12.0. The quantitative estimate of drug-likeness (QED) is 0.304. The molecule has 0 aromatic rings. The third kappa shape index (κ3) is 5.61. The summed E-state index contributed by atoms with van der Waals surface area (Å²) in [6.45, 7) is 1.14. The molecule has 0 aromatic heterocycles. The molecule has 82 valence electrons. The zero-order chi connectivity index (χ0) is 11.2. The van der Waals surface area contributed by atoms with E-state index in [-0.39, 0.29) is 6.54 Å². The monoisotopic (exact) mass is 447 g/mol. The Balaban J connectivity index is 4.18. The second-order valence-corrected chi connectivity index (χ2v) is 6.18. The first-order valence-corrected chi connectivity index (χ1v) is 6.67. The summed E-state index contributed by atoms with van der Waals surface area (Å²) >= 11 is 2.90. The maximum Gasteiger partial charge on any atom is 0.372 e. The van der Waals surface area contributed by atoms with Gasteiger partial charge < -0.3 is 0 Å². The molecule has 0 saturated heterocycles. The molecule has 14 heavy (non-hydrogen) atoms. The lowest BCUT2D eigenvalue weighted by atomic mass is 10.6. The zero-order valence-corrected chi connectivity index (χ0v) is 12.3. The average Bonchev–Trinajstić information content (AvgIpc) is 2.17. The van der Waals surface area contributed by atoms with Gasteiger partial charge in [0.25, 0.3) is 0 Å². The predicted molar refractivity (Wildman–Crippen MR) is 66.1 cm³/mol. The van der Waals surface area contributed by atoms with E-state index >= 15 is 0 Å². The summed E-state index contributed by atoms with van der Waals surface area (Å²) in [5, 5.41) is 9.40. The molecular weight excluding hydrogens is 439 g/mol. The molecule has 0 heterocycles. The summed E-state index contributed by atoms with van der Waals surface area (Å²) in [6, 6.07) is 0. The Morgan fingerprint density at radius 1 is 1.57 bits per heavy atom. The molecule has 0 radical (unpaired) electrons. The van der Waals surface area contributed by atoms with Crippen molar-refractivity contribution in [1.82, 2.24) is 5.06 Å². The second-order valence-electron chi connectivity index (χ2n) is 2.16. The predicted octanol–water partition coefficient (Wildman–Crippen LogP) is 2.66. The number of nitrogens with zero attached hydrogens (tertiary/aromatic N) is 1. The maximum absolute atomic E-state index is 11.4. The summed E-state index contributed by atoms with van der Waals surface area (Å²) < 4.78 is 20.5. The van der Waals surface area contributed by atoms with Crippen molar-refractivity contribution in [2.24, 2.45) is 0 Å². The van der Waals surface area contributed by atoms with Crippen molar-refractivity contribution in [3.05, 3.63) is 11.9 Å². The van der Waals surface area contributed by atoms with E-state index in [0.29, 0.717) is 5.06 Å². The fraction of sp³-hybridized carbons (Fsp3) is 0.400. The zero-order valence-electron chi connectivity index (χ0n) is 7.09. The molecule has 1 N–H and O–H groups in total. The molecule has 9 heteroatoms. The Morgan fingerprint density at radius 3 is 2.43 bits per heavy atom. The molecule has 0 aromatic carbocycles. The van der Waals surface area contributed by atoms with Crippen LogP contribution in [0.3, 0.4) is 0 Å². The number of carbonyl (C=O) groups excluding carboxylic acids is 1. The lowest BCUT2D eigenvalue weighted by Crippen LogP contribution is -2.24. The van der Waals surface area contributed by atoms with Crippen molar-refractivity contribution in [1.29, 1.82) is 0 Å². The summed E-state index contributed by atoms with van der Waals surface area (Å²) in [6.07, 6.45) is 1.32. The van der Waals surface area contributed by atoms with Gasteiger partial charge in [-0.15, -0.1) is 0 Å². The van der Waals surface area contributed by atoms with Gasteiger partial charge in [-0.2, -0.15) is 0 Å². The van der Waals surface area contributed by atoms with Gasteiger partial charge in [-0.25, -0.2) is 10.8 Å². The van der Waals surface area contributed by atoms with E-state index in [2.05, 4.69) is 5.71 Å². The number of hydroxylamine groups is 2. The van der Waals surface area contributed by atoms with Crippen LogP contribution in [0.2, 0.25) is 0 Å². The number of halogens is 2. The van der Waals surface area contributed by atoms with E-state index in [4.69, 9.17) is 5.21 Å². The standard InChI is InChI=1S/C5H8I2NO5P/c1-5(9)8(10)3-2-4-14(11,12-6)13-7/h2,4,10H,3H2,1H3/b4-2+. The van der Waals surface area contributed by atoms with Crippen LogP contribution in [-0.4, -0.2) is 22.7 Å². The molecule has 0 atom stereocenters. The Bertz CT molecular complexity index is 263. The molecule has 6 nitrogen and oxygen atoms in total. The van der Waals surface area contributed by atoms with Crippen molar-refractivity contribution in [3.63, 3.8) is 0 Å². The highest BCUT2D eigenvalue weighted by Gasteiger charge is 2.18. The summed E-state index contributed by atoms with van der Waals surface area (Å²) in [4.78, 5) is 10.5. The van der Waals surface area contributed by atoms with Crippen LogP contribution >= 0.6 is 53.6 Å². The van der Waals surface area contributed by atoms with Gasteiger partial charge in [-0.3, -0.25) is 14.6 Å². The van der Waals surface area contributed by atoms with Gasteiger partial charge in [0.15, 0.2) is 0 Å². The van der Waals surface area contributed by atoms with E-state index < -0.39 is 13.5 Å². The van der Waals surface area contributed by atoms with E-state index in [1.165, 1.54) is 59.0 Å². The molecule has 0 bridgehead atoms. The van der Waals surface area contributed by atoms with E-state index in [0.717, 1.165) is 5.82 Å². The molecule has 0 rings (SSSR count). The third-order valence-corrected chi connectivity index (χ3v) is 5.38. The summed E-state index contributed by atoms with van der Waals surface area (Å²) in [5.41, 5.74) is 0. The highest BCUT2D eigenvalue weighted by atomic mass is 127. The molecular formula is C5H8I2NO5P. The Kier molecular flexibility index (Phi) is 7.52. The van der Waals surface area contributed by atoms with Gasteiger partial charge in [0.05, 0.1) is 6.54 Å². The van der Waals surface area contributed by atoms with Crippen molar-refractivity contribution in [2.75, 3.05) is 6.54 Å². The molecule has 0 spiro atoms. The average molecular weight is 447 g/mol. The van der Waals surface area contributed by atoms with Gasteiger partial charge in [0.1, 0.15) is 46.0 Å². The fourth-order valence-corrected chi connectivity index (χ4v) is 3.12. The Labute approximate surface area is 109 Å². The third-order valence-electron chi connectivity index (χ3n) is 1.12. The van der Waals surface area contributed by atoms with Gasteiger partial charge in [0, 0.05) is 12.7 Å². The Hall–Kier alpha value is 0.780. The SMILES string of the molecule is CC(=O)N(O)C/C=C/P(=O)(OI)OI. The minimum Gasteiger partial charge on any atom is -0.286 e. The number of hydrogen-bond donors (Lipinski definition) is 1. The number of rotatable bonds is 5. The molecule has 0 aliphatic carbocycles. The number of carbonyl (C=O) groups is 1. The number of amides is 1.